The van der Waals surface area contributed by atoms with Crippen LogP contribution in [0.5, 0.6) is 0 Å². The fourth-order valence-electron chi connectivity index (χ4n) is 4.02. The lowest BCUT2D eigenvalue weighted by atomic mass is 9.66. The summed E-state index contributed by atoms with van der Waals surface area (Å²) < 4.78 is 0. The molecular weight excluding hydrogens is 182 g/mol. The lowest BCUT2D eigenvalue weighted by Crippen LogP contribution is -2.58. The Labute approximate surface area is 95.2 Å². The monoisotopic (exact) mass is 209 g/mol. The van der Waals surface area contributed by atoms with Crippen molar-refractivity contribution in [2.24, 2.45) is 17.8 Å². The first kappa shape index (κ1) is 11.4. The van der Waals surface area contributed by atoms with Gasteiger partial charge < -0.3 is 0 Å². The molecule has 88 valence electrons. The number of hydrogen-bond acceptors (Lipinski definition) is 1. The van der Waals surface area contributed by atoms with Crippen LogP contribution in [-0.4, -0.2) is 23.5 Å². The Morgan fingerprint density at radius 3 is 2.47 bits per heavy atom. The molecule has 0 bridgehead atoms. The molecule has 1 saturated heterocycles. The lowest BCUT2D eigenvalue weighted by Gasteiger charge is -2.55. The van der Waals surface area contributed by atoms with E-state index in [1.807, 2.05) is 0 Å². The highest BCUT2D eigenvalue weighted by Crippen LogP contribution is 2.45. The lowest BCUT2D eigenvalue weighted by molar-refractivity contribution is -0.0498. The van der Waals surface area contributed by atoms with E-state index in [-0.39, 0.29) is 0 Å². The zero-order valence-corrected chi connectivity index (χ0v) is 11.1. The maximum Gasteiger partial charge on any atom is 0.0155 e. The normalized spacial score (nSPS) is 46.2. The second kappa shape index (κ2) is 3.76. The molecule has 1 aliphatic carbocycles. The van der Waals surface area contributed by atoms with Gasteiger partial charge in [-0.3, -0.25) is 4.90 Å². The molecule has 1 nitrogen and oxygen atoms in total. The van der Waals surface area contributed by atoms with Gasteiger partial charge in [0.25, 0.3) is 0 Å². The molecular formula is C14H27N. The second-order valence-corrected chi connectivity index (χ2v) is 6.75. The Morgan fingerprint density at radius 1 is 1.13 bits per heavy atom. The van der Waals surface area contributed by atoms with Gasteiger partial charge in [-0.05, 0) is 57.9 Å². The molecule has 1 aliphatic heterocycles. The maximum absolute atomic E-state index is 2.67. The van der Waals surface area contributed by atoms with Gasteiger partial charge in [0.2, 0.25) is 0 Å². The van der Waals surface area contributed by atoms with Crippen molar-refractivity contribution in [1.82, 2.24) is 4.90 Å². The summed E-state index contributed by atoms with van der Waals surface area (Å²) in [6.07, 6.45) is 5.72. The molecule has 4 atom stereocenters. The van der Waals surface area contributed by atoms with Gasteiger partial charge in [-0.2, -0.15) is 0 Å². The van der Waals surface area contributed by atoms with Gasteiger partial charge in [-0.1, -0.05) is 20.3 Å². The summed E-state index contributed by atoms with van der Waals surface area (Å²) in [7, 11) is 2.35. The van der Waals surface area contributed by atoms with Gasteiger partial charge in [0.05, 0.1) is 0 Å². The van der Waals surface area contributed by atoms with Gasteiger partial charge in [0.1, 0.15) is 0 Å². The highest BCUT2D eigenvalue weighted by molar-refractivity contribution is 4.98. The first-order valence-electron chi connectivity index (χ1n) is 6.65. The van der Waals surface area contributed by atoms with Crippen molar-refractivity contribution < 1.29 is 0 Å². The van der Waals surface area contributed by atoms with Crippen LogP contribution >= 0.6 is 0 Å². The zero-order chi connectivity index (χ0) is 11.2. The standard InChI is InChI=1S/C14H27N/c1-10-6-7-12-11(2)9-14(3,4)15(5)13(12)8-10/h10-13H,6-9H2,1-5H3. The van der Waals surface area contributed by atoms with E-state index in [2.05, 4.69) is 39.6 Å². The highest BCUT2D eigenvalue weighted by Gasteiger charge is 2.44. The number of fused-ring (bicyclic) bond motifs is 1. The van der Waals surface area contributed by atoms with Crippen LogP contribution in [0.2, 0.25) is 0 Å². The molecule has 0 radical (unpaired) electrons. The van der Waals surface area contributed by atoms with Crippen LogP contribution in [-0.2, 0) is 0 Å². The first-order valence-corrected chi connectivity index (χ1v) is 6.65. The molecule has 1 saturated carbocycles. The maximum atomic E-state index is 2.67. The minimum Gasteiger partial charge on any atom is -0.298 e. The van der Waals surface area contributed by atoms with Crippen LogP contribution in [0.1, 0.15) is 53.4 Å². The summed E-state index contributed by atoms with van der Waals surface area (Å²) in [5, 5.41) is 0. The summed E-state index contributed by atoms with van der Waals surface area (Å²) in [6.45, 7) is 9.73. The number of piperidine rings is 1. The van der Waals surface area contributed by atoms with E-state index in [9.17, 15) is 0 Å². The van der Waals surface area contributed by atoms with E-state index in [4.69, 9.17) is 0 Å². The van der Waals surface area contributed by atoms with Gasteiger partial charge in [-0.15, -0.1) is 0 Å². The van der Waals surface area contributed by atoms with Crippen molar-refractivity contribution in [1.29, 1.82) is 0 Å². The van der Waals surface area contributed by atoms with Gasteiger partial charge >= 0.3 is 0 Å². The topological polar surface area (TPSA) is 3.24 Å². The Kier molecular flexibility index (Phi) is 2.87. The molecule has 0 N–H and O–H groups in total. The summed E-state index contributed by atoms with van der Waals surface area (Å²) in [5.41, 5.74) is 0.414. The minimum atomic E-state index is 0.414. The smallest absolute Gasteiger partial charge is 0.0155 e. The van der Waals surface area contributed by atoms with E-state index in [0.717, 1.165) is 23.8 Å². The predicted octanol–water partition coefficient (Wildman–Crippen LogP) is 3.54. The molecule has 0 amide bonds. The van der Waals surface area contributed by atoms with Crippen molar-refractivity contribution in [2.75, 3.05) is 7.05 Å². The third kappa shape index (κ3) is 1.95. The van der Waals surface area contributed by atoms with Crippen LogP contribution in [0.25, 0.3) is 0 Å². The van der Waals surface area contributed by atoms with Crippen molar-refractivity contribution in [2.45, 2.75) is 65.0 Å². The highest BCUT2D eigenvalue weighted by atomic mass is 15.2. The van der Waals surface area contributed by atoms with Crippen molar-refractivity contribution in [3.8, 4) is 0 Å². The van der Waals surface area contributed by atoms with Crippen LogP contribution in [0.3, 0.4) is 0 Å². The molecule has 0 aromatic heterocycles. The minimum absolute atomic E-state index is 0.414. The van der Waals surface area contributed by atoms with E-state index < -0.39 is 0 Å². The molecule has 0 aromatic carbocycles. The molecule has 2 rings (SSSR count). The third-order valence-corrected chi connectivity index (χ3v) is 5.14. The van der Waals surface area contributed by atoms with E-state index in [1.165, 1.54) is 25.7 Å². The number of rotatable bonds is 0. The van der Waals surface area contributed by atoms with Gasteiger partial charge in [0, 0.05) is 11.6 Å². The summed E-state index contributed by atoms with van der Waals surface area (Å²) in [4.78, 5) is 2.67. The quantitative estimate of drug-likeness (QED) is 0.590. The first-order chi connectivity index (χ1) is 6.92. The van der Waals surface area contributed by atoms with Crippen LogP contribution < -0.4 is 0 Å². The molecule has 1 heteroatoms. The van der Waals surface area contributed by atoms with E-state index in [0.29, 0.717) is 5.54 Å². The second-order valence-electron chi connectivity index (χ2n) is 6.75. The molecule has 15 heavy (non-hydrogen) atoms. The third-order valence-electron chi connectivity index (χ3n) is 5.14. The Hall–Kier alpha value is -0.0400. The van der Waals surface area contributed by atoms with Crippen molar-refractivity contribution >= 4 is 0 Å². The van der Waals surface area contributed by atoms with Crippen LogP contribution in [0.4, 0.5) is 0 Å². The Bertz CT molecular complexity index is 231. The SMILES string of the molecule is CC1CCC2C(C)CC(C)(C)N(C)C2C1. The molecule has 2 aliphatic rings. The summed E-state index contributed by atoms with van der Waals surface area (Å²) in [6, 6.07) is 0.854. The Morgan fingerprint density at radius 2 is 1.80 bits per heavy atom. The molecule has 4 unspecified atom stereocenters. The van der Waals surface area contributed by atoms with Crippen molar-refractivity contribution in [3.63, 3.8) is 0 Å². The van der Waals surface area contributed by atoms with Gasteiger partial charge in [-0.25, -0.2) is 0 Å². The number of nitrogens with zero attached hydrogens (tertiary/aromatic N) is 1. The molecule has 1 heterocycles. The van der Waals surface area contributed by atoms with E-state index in [1.54, 1.807) is 0 Å². The fraction of sp³-hybridized carbons (Fsp3) is 1.00. The van der Waals surface area contributed by atoms with Crippen molar-refractivity contribution in [3.05, 3.63) is 0 Å². The molecule has 0 aromatic rings. The summed E-state index contributed by atoms with van der Waals surface area (Å²) in [5.74, 6) is 2.84. The Balaban J connectivity index is 2.18. The predicted molar refractivity (Wildman–Crippen MR) is 65.9 cm³/mol. The number of likely N-dealkylation sites (tertiary alicyclic amines) is 1. The average Bonchev–Trinajstić information content (AvgIpc) is 2.13. The largest absolute Gasteiger partial charge is 0.298 e. The van der Waals surface area contributed by atoms with Crippen LogP contribution in [0, 0.1) is 17.8 Å². The zero-order valence-electron chi connectivity index (χ0n) is 11.1. The van der Waals surface area contributed by atoms with Gasteiger partial charge in [0.15, 0.2) is 0 Å². The average molecular weight is 209 g/mol. The summed E-state index contributed by atoms with van der Waals surface area (Å²) >= 11 is 0. The molecule has 2 fully saturated rings. The van der Waals surface area contributed by atoms with Crippen LogP contribution in [0.15, 0.2) is 0 Å². The van der Waals surface area contributed by atoms with E-state index >= 15 is 0 Å². The molecule has 0 spiro atoms. The number of hydrogen-bond donors (Lipinski definition) is 0. The fourth-order valence-corrected chi connectivity index (χ4v) is 4.02.